The van der Waals surface area contributed by atoms with E-state index in [0.717, 1.165) is 56.2 Å². The molecule has 2 heterocycles. The number of piperazine rings is 1. The largest absolute Gasteiger partial charge is 0.396 e. The average molecular weight is 332 g/mol. The highest BCUT2D eigenvalue weighted by Crippen LogP contribution is 2.18. The predicted molar refractivity (Wildman–Crippen MR) is 90.9 cm³/mol. The Morgan fingerprint density at radius 1 is 1.25 bits per heavy atom. The summed E-state index contributed by atoms with van der Waals surface area (Å²) in [5, 5.41) is 9.41. The molecule has 0 radical (unpaired) electrons. The maximum absolute atomic E-state index is 13.1. The lowest BCUT2D eigenvalue weighted by molar-refractivity contribution is 0.0494. The number of nitrogens with zero attached hydrogens (tertiary/aromatic N) is 3. The highest BCUT2D eigenvalue weighted by atomic mass is 19.1. The summed E-state index contributed by atoms with van der Waals surface area (Å²) in [4.78, 5) is 12.3. The van der Waals surface area contributed by atoms with Gasteiger partial charge in [-0.15, -0.1) is 0 Å². The van der Waals surface area contributed by atoms with Crippen molar-refractivity contribution in [2.45, 2.75) is 32.5 Å². The lowest BCUT2D eigenvalue weighted by Crippen LogP contribution is -2.52. The van der Waals surface area contributed by atoms with Crippen molar-refractivity contribution in [2.75, 3.05) is 26.2 Å². The summed E-state index contributed by atoms with van der Waals surface area (Å²) < 4.78 is 13.1. The molecule has 130 valence electrons. The van der Waals surface area contributed by atoms with Crippen LogP contribution in [0.5, 0.6) is 0 Å². The summed E-state index contributed by atoms with van der Waals surface area (Å²) in [7, 11) is 0. The molecule has 1 aliphatic rings. The average Bonchev–Trinajstić information content (AvgIpc) is 2.97. The number of rotatable bonds is 6. The summed E-state index contributed by atoms with van der Waals surface area (Å²) in [5.74, 6) is 0.734. The smallest absolute Gasteiger partial charge is 0.123 e. The third kappa shape index (κ3) is 4.41. The fourth-order valence-corrected chi connectivity index (χ4v) is 3.35. The van der Waals surface area contributed by atoms with Crippen LogP contribution in [0.1, 0.15) is 23.5 Å². The first kappa shape index (κ1) is 17.1. The molecule has 1 unspecified atom stereocenters. The molecule has 0 spiro atoms. The summed E-state index contributed by atoms with van der Waals surface area (Å²) >= 11 is 0. The van der Waals surface area contributed by atoms with E-state index in [-0.39, 0.29) is 12.4 Å². The van der Waals surface area contributed by atoms with Gasteiger partial charge in [-0.2, -0.15) is 0 Å². The van der Waals surface area contributed by atoms with Crippen LogP contribution in [0, 0.1) is 12.7 Å². The highest BCUT2D eigenvalue weighted by Gasteiger charge is 2.26. The SMILES string of the molecule is Cc1ncc(CN2CCN(Cc3ccc(F)cc3)C(CCO)C2)[nH]1. The number of H-pyrrole nitrogens is 1. The van der Waals surface area contributed by atoms with Crippen molar-refractivity contribution in [3.05, 3.63) is 53.4 Å². The Bertz CT molecular complexity index is 643. The van der Waals surface area contributed by atoms with Crippen molar-refractivity contribution in [3.63, 3.8) is 0 Å². The van der Waals surface area contributed by atoms with Gasteiger partial charge in [0.25, 0.3) is 0 Å². The molecule has 1 fully saturated rings. The van der Waals surface area contributed by atoms with Gasteiger partial charge < -0.3 is 10.1 Å². The quantitative estimate of drug-likeness (QED) is 0.849. The van der Waals surface area contributed by atoms with Crippen molar-refractivity contribution in [1.82, 2.24) is 19.8 Å². The third-order valence-electron chi connectivity index (χ3n) is 4.60. The van der Waals surface area contributed by atoms with E-state index in [1.807, 2.05) is 25.3 Å². The van der Waals surface area contributed by atoms with Crippen LogP contribution in [-0.2, 0) is 13.1 Å². The van der Waals surface area contributed by atoms with E-state index in [2.05, 4.69) is 19.8 Å². The number of hydrogen-bond donors (Lipinski definition) is 2. The standard InChI is InChI=1S/C18H25FN4O/c1-14-20-10-17(21-14)12-22-7-8-23(18(13-22)6-9-24)11-15-2-4-16(19)5-3-15/h2-5,10,18,24H,6-9,11-13H2,1H3,(H,20,21). The molecule has 1 atom stereocenters. The first-order chi connectivity index (χ1) is 11.6. The molecule has 1 aromatic heterocycles. The first-order valence-corrected chi connectivity index (χ1v) is 8.46. The van der Waals surface area contributed by atoms with Gasteiger partial charge in [0.15, 0.2) is 0 Å². The molecule has 1 saturated heterocycles. The summed E-state index contributed by atoms with van der Waals surface area (Å²) in [6.45, 7) is 6.62. The molecule has 0 aliphatic carbocycles. The van der Waals surface area contributed by atoms with Gasteiger partial charge in [0.1, 0.15) is 11.6 Å². The number of hydrogen-bond acceptors (Lipinski definition) is 4. The third-order valence-corrected chi connectivity index (χ3v) is 4.60. The Labute approximate surface area is 142 Å². The lowest BCUT2D eigenvalue weighted by atomic mass is 10.1. The molecule has 3 rings (SSSR count). The number of aromatic amines is 1. The molecule has 2 aromatic rings. The molecule has 2 N–H and O–H groups in total. The van der Waals surface area contributed by atoms with E-state index in [0.29, 0.717) is 6.04 Å². The zero-order valence-electron chi connectivity index (χ0n) is 14.1. The van der Waals surface area contributed by atoms with Gasteiger partial charge in [-0.1, -0.05) is 12.1 Å². The van der Waals surface area contributed by atoms with Crippen LogP contribution < -0.4 is 0 Å². The second-order valence-corrected chi connectivity index (χ2v) is 6.49. The van der Waals surface area contributed by atoms with Crippen molar-refractivity contribution in [2.24, 2.45) is 0 Å². The minimum Gasteiger partial charge on any atom is -0.396 e. The van der Waals surface area contributed by atoms with Crippen LogP contribution in [0.3, 0.4) is 0 Å². The number of aliphatic hydroxyl groups excluding tert-OH is 1. The minimum absolute atomic E-state index is 0.182. The van der Waals surface area contributed by atoms with Crippen LogP contribution in [0.2, 0.25) is 0 Å². The molecule has 1 aliphatic heterocycles. The topological polar surface area (TPSA) is 55.4 Å². The van der Waals surface area contributed by atoms with Crippen molar-refractivity contribution < 1.29 is 9.50 Å². The van der Waals surface area contributed by atoms with E-state index >= 15 is 0 Å². The normalized spacial score (nSPS) is 19.7. The number of imidazole rings is 1. The minimum atomic E-state index is -0.203. The molecular weight excluding hydrogens is 307 g/mol. The lowest BCUT2D eigenvalue weighted by Gasteiger charge is -2.41. The number of aromatic nitrogens is 2. The van der Waals surface area contributed by atoms with Gasteiger partial charge in [0.2, 0.25) is 0 Å². The Morgan fingerprint density at radius 3 is 2.71 bits per heavy atom. The molecule has 24 heavy (non-hydrogen) atoms. The van der Waals surface area contributed by atoms with Gasteiger partial charge in [-0.25, -0.2) is 9.37 Å². The summed E-state index contributed by atoms with van der Waals surface area (Å²) in [5.41, 5.74) is 2.24. The molecule has 0 amide bonds. The van der Waals surface area contributed by atoms with Crippen LogP contribution in [0.25, 0.3) is 0 Å². The maximum atomic E-state index is 13.1. The number of benzene rings is 1. The van der Waals surface area contributed by atoms with Gasteiger partial charge in [-0.05, 0) is 31.0 Å². The Morgan fingerprint density at radius 2 is 2.04 bits per heavy atom. The molecule has 6 heteroatoms. The Hall–Kier alpha value is -1.76. The van der Waals surface area contributed by atoms with Crippen LogP contribution in [0.4, 0.5) is 4.39 Å². The van der Waals surface area contributed by atoms with E-state index in [9.17, 15) is 9.50 Å². The van der Waals surface area contributed by atoms with Crippen LogP contribution in [-0.4, -0.2) is 57.2 Å². The van der Waals surface area contributed by atoms with Gasteiger partial charge in [0, 0.05) is 57.3 Å². The van der Waals surface area contributed by atoms with E-state index in [1.54, 1.807) is 0 Å². The zero-order valence-corrected chi connectivity index (χ0v) is 14.1. The first-order valence-electron chi connectivity index (χ1n) is 8.46. The molecule has 5 nitrogen and oxygen atoms in total. The van der Waals surface area contributed by atoms with E-state index in [1.165, 1.54) is 12.1 Å². The number of halogens is 1. The molecule has 0 bridgehead atoms. The van der Waals surface area contributed by atoms with Gasteiger partial charge in [-0.3, -0.25) is 9.80 Å². The number of aryl methyl sites for hydroxylation is 1. The highest BCUT2D eigenvalue weighted by molar-refractivity contribution is 5.16. The van der Waals surface area contributed by atoms with Crippen molar-refractivity contribution in [1.29, 1.82) is 0 Å². The Balaban J connectivity index is 1.61. The van der Waals surface area contributed by atoms with E-state index in [4.69, 9.17) is 0 Å². The molecule has 0 saturated carbocycles. The van der Waals surface area contributed by atoms with Crippen LogP contribution in [0.15, 0.2) is 30.5 Å². The molecular formula is C18H25FN4O. The molecule has 1 aromatic carbocycles. The maximum Gasteiger partial charge on any atom is 0.123 e. The van der Waals surface area contributed by atoms with Gasteiger partial charge in [0.05, 0.1) is 0 Å². The van der Waals surface area contributed by atoms with E-state index < -0.39 is 0 Å². The van der Waals surface area contributed by atoms with Crippen LogP contribution >= 0.6 is 0 Å². The fraction of sp³-hybridized carbons (Fsp3) is 0.500. The number of aliphatic hydroxyl groups is 1. The predicted octanol–water partition coefficient (Wildman–Crippen LogP) is 1.93. The fourth-order valence-electron chi connectivity index (χ4n) is 3.35. The van der Waals surface area contributed by atoms with Crippen molar-refractivity contribution >= 4 is 0 Å². The van der Waals surface area contributed by atoms with Gasteiger partial charge >= 0.3 is 0 Å². The Kier molecular flexibility index (Phi) is 5.60. The summed E-state index contributed by atoms with van der Waals surface area (Å²) in [6.07, 6.45) is 2.64. The number of nitrogens with one attached hydrogen (secondary N) is 1. The second kappa shape index (κ2) is 7.88. The summed E-state index contributed by atoms with van der Waals surface area (Å²) in [6, 6.07) is 6.99. The monoisotopic (exact) mass is 332 g/mol. The second-order valence-electron chi connectivity index (χ2n) is 6.49. The van der Waals surface area contributed by atoms with Crippen molar-refractivity contribution in [3.8, 4) is 0 Å². The zero-order chi connectivity index (χ0) is 16.9.